The molecule has 5 nitrogen and oxygen atoms in total. The Kier molecular flexibility index (Phi) is 6.22. The Balaban J connectivity index is 2.06. The van der Waals surface area contributed by atoms with Gasteiger partial charge in [0, 0.05) is 0 Å². The molecule has 0 bridgehead atoms. The average molecular weight is 336 g/mol. The zero-order valence-electron chi connectivity index (χ0n) is 12.5. The van der Waals surface area contributed by atoms with E-state index in [1.165, 1.54) is 30.5 Å². The topological polar surface area (TPSA) is 71.3 Å². The number of thioether (sulfide) groups is 1. The van der Waals surface area contributed by atoms with Gasteiger partial charge in [-0.1, -0.05) is 12.1 Å². The van der Waals surface area contributed by atoms with Crippen molar-refractivity contribution in [3.05, 3.63) is 54.2 Å². The quantitative estimate of drug-likeness (QED) is 0.815. The molecule has 2 aromatic rings. The number of carbonyl (C=O) groups excluding carboxylic acids is 2. The van der Waals surface area contributed by atoms with Gasteiger partial charge in [-0.15, -0.1) is 0 Å². The Bertz CT molecular complexity index is 661. The van der Waals surface area contributed by atoms with Gasteiger partial charge in [-0.2, -0.15) is 11.8 Å². The van der Waals surface area contributed by atoms with Gasteiger partial charge in [-0.05, 0) is 42.7 Å². The van der Waals surface area contributed by atoms with E-state index in [-0.39, 0.29) is 11.4 Å². The largest absolute Gasteiger partial charge is 0.459 e. The van der Waals surface area contributed by atoms with E-state index in [4.69, 9.17) is 4.42 Å². The second kappa shape index (κ2) is 8.38. The Labute approximate surface area is 137 Å². The first kappa shape index (κ1) is 17.1. The first-order valence-electron chi connectivity index (χ1n) is 7.00. The van der Waals surface area contributed by atoms with E-state index >= 15 is 0 Å². The first-order valence-corrected chi connectivity index (χ1v) is 8.40. The normalized spacial score (nSPS) is 11.7. The Morgan fingerprint density at radius 1 is 1.26 bits per heavy atom. The lowest BCUT2D eigenvalue weighted by atomic mass is 10.2. The van der Waals surface area contributed by atoms with Crippen molar-refractivity contribution < 1.29 is 18.4 Å². The first-order chi connectivity index (χ1) is 11.1. The van der Waals surface area contributed by atoms with Crippen molar-refractivity contribution in [1.82, 2.24) is 5.32 Å². The van der Waals surface area contributed by atoms with E-state index in [0.29, 0.717) is 12.2 Å². The minimum Gasteiger partial charge on any atom is -0.459 e. The molecule has 1 aromatic heterocycles. The Morgan fingerprint density at radius 3 is 2.70 bits per heavy atom. The summed E-state index contributed by atoms with van der Waals surface area (Å²) >= 11 is 1.55. The highest BCUT2D eigenvalue weighted by atomic mass is 32.2. The van der Waals surface area contributed by atoms with Gasteiger partial charge < -0.3 is 15.1 Å². The van der Waals surface area contributed by atoms with Gasteiger partial charge in [0.2, 0.25) is 5.91 Å². The monoisotopic (exact) mass is 336 g/mol. The van der Waals surface area contributed by atoms with Gasteiger partial charge in [0.05, 0.1) is 12.0 Å². The van der Waals surface area contributed by atoms with Gasteiger partial charge in [0.15, 0.2) is 5.76 Å². The Hall–Kier alpha value is -2.28. The Morgan fingerprint density at radius 2 is 2.04 bits per heavy atom. The molecule has 0 saturated heterocycles. The predicted octanol–water partition coefficient (Wildman–Crippen LogP) is 2.91. The molecule has 0 spiro atoms. The van der Waals surface area contributed by atoms with Crippen LogP contribution in [0.1, 0.15) is 17.0 Å². The molecular weight excluding hydrogens is 319 g/mol. The summed E-state index contributed by atoms with van der Waals surface area (Å²) in [6, 6.07) is 8.20. The summed E-state index contributed by atoms with van der Waals surface area (Å²) in [6.45, 7) is 0. The third-order valence-electron chi connectivity index (χ3n) is 3.11. The van der Waals surface area contributed by atoms with E-state index in [2.05, 4.69) is 10.6 Å². The highest BCUT2D eigenvalue weighted by Gasteiger charge is 2.23. The molecule has 2 N–H and O–H groups in total. The highest BCUT2D eigenvalue weighted by molar-refractivity contribution is 7.98. The number of hydrogen-bond acceptors (Lipinski definition) is 4. The van der Waals surface area contributed by atoms with Crippen LogP contribution in [0.4, 0.5) is 10.1 Å². The van der Waals surface area contributed by atoms with Gasteiger partial charge in [-0.3, -0.25) is 9.59 Å². The molecule has 0 aliphatic carbocycles. The van der Waals surface area contributed by atoms with Crippen molar-refractivity contribution in [2.24, 2.45) is 0 Å². The van der Waals surface area contributed by atoms with Gasteiger partial charge in [0.1, 0.15) is 11.9 Å². The molecule has 1 aromatic carbocycles. The van der Waals surface area contributed by atoms with Crippen molar-refractivity contribution in [2.45, 2.75) is 12.5 Å². The zero-order chi connectivity index (χ0) is 16.7. The number of benzene rings is 1. The van der Waals surface area contributed by atoms with Crippen LogP contribution >= 0.6 is 11.8 Å². The zero-order valence-corrected chi connectivity index (χ0v) is 13.4. The fraction of sp³-hybridized carbons (Fsp3) is 0.250. The van der Waals surface area contributed by atoms with Crippen molar-refractivity contribution >= 4 is 29.3 Å². The maximum absolute atomic E-state index is 13.6. The fourth-order valence-electron chi connectivity index (χ4n) is 1.92. The third kappa shape index (κ3) is 4.85. The average Bonchev–Trinajstić information content (AvgIpc) is 3.08. The summed E-state index contributed by atoms with van der Waals surface area (Å²) in [5.41, 5.74) is 0.0823. The smallest absolute Gasteiger partial charge is 0.287 e. The second-order valence-corrected chi connectivity index (χ2v) is 5.74. The second-order valence-electron chi connectivity index (χ2n) is 4.75. The van der Waals surface area contributed by atoms with Crippen LogP contribution in [0.2, 0.25) is 0 Å². The number of anilines is 1. The lowest BCUT2D eigenvalue weighted by Gasteiger charge is -2.17. The molecule has 0 aliphatic rings. The molecule has 1 atom stereocenters. The highest BCUT2D eigenvalue weighted by Crippen LogP contribution is 2.14. The van der Waals surface area contributed by atoms with Crippen LogP contribution in [0, 0.1) is 5.82 Å². The van der Waals surface area contributed by atoms with Crippen LogP contribution in [-0.4, -0.2) is 29.9 Å². The van der Waals surface area contributed by atoms with Gasteiger partial charge in [0.25, 0.3) is 5.91 Å². The number of rotatable bonds is 7. The molecule has 0 saturated carbocycles. The van der Waals surface area contributed by atoms with Crippen molar-refractivity contribution in [3.63, 3.8) is 0 Å². The molecule has 1 heterocycles. The van der Waals surface area contributed by atoms with E-state index < -0.39 is 23.7 Å². The number of halogens is 1. The van der Waals surface area contributed by atoms with Crippen LogP contribution in [0.5, 0.6) is 0 Å². The van der Waals surface area contributed by atoms with E-state index in [0.717, 1.165) is 0 Å². The lowest BCUT2D eigenvalue weighted by molar-refractivity contribution is -0.118. The van der Waals surface area contributed by atoms with E-state index in [1.54, 1.807) is 23.9 Å². The van der Waals surface area contributed by atoms with Crippen molar-refractivity contribution in [3.8, 4) is 0 Å². The number of hydrogen-bond donors (Lipinski definition) is 2. The van der Waals surface area contributed by atoms with Crippen LogP contribution in [0.15, 0.2) is 47.1 Å². The molecule has 122 valence electrons. The predicted molar refractivity (Wildman–Crippen MR) is 88.0 cm³/mol. The van der Waals surface area contributed by atoms with Crippen LogP contribution in [0.25, 0.3) is 0 Å². The number of nitrogens with one attached hydrogen (secondary N) is 2. The van der Waals surface area contributed by atoms with E-state index in [1.807, 2.05) is 6.26 Å². The minimum absolute atomic E-state index is 0.0823. The number of furan rings is 1. The molecule has 7 heteroatoms. The van der Waals surface area contributed by atoms with Crippen molar-refractivity contribution in [2.75, 3.05) is 17.3 Å². The molecule has 0 aliphatic heterocycles. The van der Waals surface area contributed by atoms with Gasteiger partial charge >= 0.3 is 0 Å². The minimum atomic E-state index is -0.778. The molecule has 23 heavy (non-hydrogen) atoms. The summed E-state index contributed by atoms with van der Waals surface area (Å²) in [7, 11) is 0. The molecule has 0 radical (unpaired) electrons. The van der Waals surface area contributed by atoms with Gasteiger partial charge in [-0.25, -0.2) is 4.39 Å². The summed E-state index contributed by atoms with van der Waals surface area (Å²) in [5, 5.41) is 5.11. The molecule has 2 amide bonds. The fourth-order valence-corrected chi connectivity index (χ4v) is 2.40. The number of amides is 2. The lowest BCUT2D eigenvalue weighted by Crippen LogP contribution is -2.44. The maximum Gasteiger partial charge on any atom is 0.287 e. The molecule has 0 fully saturated rings. The standard InChI is InChI=1S/C16H17FN2O3S/c1-23-10-8-13(19-16(21)14-7-4-9-22-14)15(20)18-12-6-3-2-5-11(12)17/h2-7,9,13H,8,10H2,1H3,(H,18,20)(H,19,21). The number of para-hydroxylation sites is 1. The van der Waals surface area contributed by atoms with Crippen LogP contribution < -0.4 is 10.6 Å². The maximum atomic E-state index is 13.6. The summed E-state index contributed by atoms with van der Waals surface area (Å²) < 4.78 is 18.6. The van der Waals surface area contributed by atoms with Crippen LogP contribution in [0.3, 0.4) is 0 Å². The third-order valence-corrected chi connectivity index (χ3v) is 3.75. The van der Waals surface area contributed by atoms with Crippen molar-refractivity contribution in [1.29, 1.82) is 0 Å². The summed E-state index contributed by atoms with van der Waals surface area (Å²) in [5.74, 6) is -0.679. The molecule has 2 rings (SSSR count). The summed E-state index contributed by atoms with van der Waals surface area (Å²) in [4.78, 5) is 24.4. The van der Waals surface area contributed by atoms with E-state index in [9.17, 15) is 14.0 Å². The molecule has 1 unspecified atom stereocenters. The summed E-state index contributed by atoms with van der Waals surface area (Å²) in [6.07, 6.45) is 3.71. The SMILES string of the molecule is CSCCC(NC(=O)c1ccco1)C(=O)Nc1ccccc1F. The van der Waals surface area contributed by atoms with Crippen LogP contribution in [-0.2, 0) is 4.79 Å². The number of carbonyl (C=O) groups is 2. The molecular formula is C16H17FN2O3S.